The predicted molar refractivity (Wildman–Crippen MR) is 129 cm³/mol. The Morgan fingerprint density at radius 3 is 1.48 bits per heavy atom. The van der Waals surface area contributed by atoms with Gasteiger partial charge in [0.05, 0.1) is 0 Å². The second kappa shape index (κ2) is 6.05. The minimum absolute atomic E-state index is 1.12. The van der Waals surface area contributed by atoms with E-state index in [1.54, 1.807) is 10.4 Å². The molecule has 0 N–H and O–H groups in total. The standard InChI is InChI=1S/C28H24Si/c1-29(2,23-15-21-13-11-19-7-3-5-9-25(19)27(21)17-23)24-16-22-14-12-20-8-4-6-10-26(20)28(22)18-24/h3-14,17-18H,15-16H2,1-2H3. The Morgan fingerprint density at radius 1 is 0.552 bits per heavy atom. The maximum absolute atomic E-state index is 2.55. The second-order valence-electron chi connectivity index (χ2n) is 9.04. The van der Waals surface area contributed by atoms with Gasteiger partial charge in [0.25, 0.3) is 0 Å². The smallest absolute Gasteiger partial charge is 0.0714 e. The third-order valence-electron chi connectivity index (χ3n) is 7.13. The van der Waals surface area contributed by atoms with Crippen LogP contribution >= 0.6 is 0 Å². The van der Waals surface area contributed by atoms with Gasteiger partial charge in [-0.2, -0.15) is 0 Å². The van der Waals surface area contributed by atoms with Crippen molar-refractivity contribution in [2.75, 3.05) is 0 Å². The maximum Gasteiger partial charge on any atom is 0.103 e. The molecule has 0 heterocycles. The summed E-state index contributed by atoms with van der Waals surface area (Å²) in [5.41, 5.74) is 5.92. The summed E-state index contributed by atoms with van der Waals surface area (Å²) in [5.74, 6) is 0. The highest BCUT2D eigenvalue weighted by Crippen LogP contribution is 2.42. The van der Waals surface area contributed by atoms with Gasteiger partial charge in [-0.15, -0.1) is 0 Å². The first kappa shape index (κ1) is 17.0. The van der Waals surface area contributed by atoms with Gasteiger partial charge in [-0.25, -0.2) is 0 Å². The molecule has 0 bridgehead atoms. The van der Waals surface area contributed by atoms with Crippen molar-refractivity contribution in [3.63, 3.8) is 0 Å². The zero-order valence-corrected chi connectivity index (χ0v) is 18.0. The van der Waals surface area contributed by atoms with Crippen LogP contribution in [-0.2, 0) is 12.8 Å². The number of benzene rings is 4. The Balaban J connectivity index is 1.44. The fourth-order valence-electron chi connectivity index (χ4n) is 5.20. The van der Waals surface area contributed by atoms with Crippen LogP contribution in [0.1, 0.15) is 22.3 Å². The Kier molecular flexibility index (Phi) is 3.54. The molecule has 0 saturated heterocycles. The van der Waals surface area contributed by atoms with Crippen LogP contribution in [0.15, 0.2) is 83.2 Å². The molecule has 0 aromatic heterocycles. The Labute approximate surface area is 173 Å². The predicted octanol–water partition coefficient (Wildman–Crippen LogP) is 7.36. The van der Waals surface area contributed by atoms with Crippen molar-refractivity contribution in [2.45, 2.75) is 25.9 Å². The molecule has 0 aliphatic heterocycles. The van der Waals surface area contributed by atoms with E-state index < -0.39 is 8.07 Å². The molecule has 4 aromatic rings. The Bertz CT molecular complexity index is 1260. The molecule has 4 aromatic carbocycles. The SMILES string of the molecule is C[Si](C)(C1=Cc2c(ccc3ccccc23)C1)C1=Cc2c(ccc3ccccc23)C1. The molecule has 2 aliphatic rings. The molecule has 2 aliphatic carbocycles. The summed E-state index contributed by atoms with van der Waals surface area (Å²) >= 11 is 0. The lowest BCUT2D eigenvalue weighted by atomic mass is 10.0. The lowest BCUT2D eigenvalue weighted by Gasteiger charge is -2.26. The molecule has 0 radical (unpaired) electrons. The van der Waals surface area contributed by atoms with E-state index in [0.717, 1.165) is 12.8 Å². The van der Waals surface area contributed by atoms with E-state index >= 15 is 0 Å². The molecule has 0 saturated carbocycles. The van der Waals surface area contributed by atoms with Crippen molar-refractivity contribution in [1.29, 1.82) is 0 Å². The topological polar surface area (TPSA) is 0 Å². The molecule has 0 nitrogen and oxygen atoms in total. The number of hydrogen-bond donors (Lipinski definition) is 0. The third kappa shape index (κ3) is 2.51. The van der Waals surface area contributed by atoms with E-state index in [4.69, 9.17) is 0 Å². The zero-order chi connectivity index (χ0) is 19.6. The van der Waals surface area contributed by atoms with Gasteiger partial charge < -0.3 is 0 Å². The average Bonchev–Trinajstić information content (AvgIpc) is 3.39. The lowest BCUT2D eigenvalue weighted by molar-refractivity contribution is 1.23. The summed E-state index contributed by atoms with van der Waals surface area (Å²) < 4.78 is 0. The van der Waals surface area contributed by atoms with Crippen LogP contribution in [0.25, 0.3) is 33.7 Å². The van der Waals surface area contributed by atoms with Crippen LogP contribution < -0.4 is 0 Å². The highest BCUT2D eigenvalue weighted by Gasteiger charge is 2.35. The summed E-state index contributed by atoms with van der Waals surface area (Å²) in [6.07, 6.45) is 7.30. The molecule has 140 valence electrons. The van der Waals surface area contributed by atoms with E-state index in [0.29, 0.717) is 0 Å². The molecule has 29 heavy (non-hydrogen) atoms. The minimum atomic E-state index is -1.69. The second-order valence-corrected chi connectivity index (χ2v) is 13.6. The first-order chi connectivity index (χ1) is 14.1. The van der Waals surface area contributed by atoms with Gasteiger partial charge in [0.1, 0.15) is 8.07 Å². The first-order valence-electron chi connectivity index (χ1n) is 10.5. The molecule has 0 amide bonds. The molecular formula is C28H24Si. The first-order valence-corrected chi connectivity index (χ1v) is 13.5. The number of hydrogen-bond acceptors (Lipinski definition) is 0. The minimum Gasteiger partial charge on any atom is -0.0714 e. The van der Waals surface area contributed by atoms with Crippen LogP contribution in [0, 0.1) is 0 Å². The lowest BCUT2D eigenvalue weighted by Crippen LogP contribution is -2.32. The van der Waals surface area contributed by atoms with Crippen LogP contribution in [0.2, 0.25) is 13.1 Å². The van der Waals surface area contributed by atoms with Crippen molar-refractivity contribution in [3.8, 4) is 0 Å². The molecular weight excluding hydrogens is 364 g/mol. The van der Waals surface area contributed by atoms with Crippen molar-refractivity contribution in [3.05, 3.63) is 105 Å². The molecule has 6 rings (SSSR count). The van der Waals surface area contributed by atoms with E-state index in [9.17, 15) is 0 Å². The van der Waals surface area contributed by atoms with Crippen molar-refractivity contribution in [2.24, 2.45) is 0 Å². The van der Waals surface area contributed by atoms with E-state index in [1.165, 1.54) is 43.8 Å². The molecule has 0 unspecified atom stereocenters. The molecule has 0 fully saturated rings. The van der Waals surface area contributed by atoms with E-state index in [1.807, 2.05) is 0 Å². The van der Waals surface area contributed by atoms with Gasteiger partial charge in [0.2, 0.25) is 0 Å². The maximum atomic E-state index is 2.55. The summed E-state index contributed by atoms with van der Waals surface area (Å²) in [6.45, 7) is 5.10. The van der Waals surface area contributed by atoms with Crippen LogP contribution in [0.5, 0.6) is 0 Å². The average molecular weight is 389 g/mol. The van der Waals surface area contributed by atoms with Crippen molar-refractivity contribution in [1.82, 2.24) is 0 Å². The normalized spacial score (nSPS) is 15.4. The van der Waals surface area contributed by atoms with Crippen molar-refractivity contribution < 1.29 is 0 Å². The van der Waals surface area contributed by atoms with E-state index in [-0.39, 0.29) is 0 Å². The number of fused-ring (bicyclic) bond motifs is 6. The fourth-order valence-corrected chi connectivity index (χ4v) is 7.89. The van der Waals surface area contributed by atoms with Gasteiger partial charge in [0, 0.05) is 0 Å². The third-order valence-corrected chi connectivity index (χ3v) is 11.0. The Hall–Kier alpha value is -2.90. The van der Waals surface area contributed by atoms with Crippen LogP contribution in [0.4, 0.5) is 0 Å². The number of allylic oxidation sites excluding steroid dienone is 2. The highest BCUT2D eigenvalue weighted by molar-refractivity contribution is 6.92. The number of rotatable bonds is 2. The van der Waals surface area contributed by atoms with Gasteiger partial charge in [-0.1, -0.05) is 108 Å². The molecule has 0 spiro atoms. The fraction of sp³-hybridized carbons (Fsp3) is 0.143. The summed E-state index contributed by atoms with van der Waals surface area (Å²) in [5, 5.41) is 8.85. The Morgan fingerprint density at radius 2 is 1.00 bits per heavy atom. The van der Waals surface area contributed by atoms with Gasteiger partial charge >= 0.3 is 0 Å². The van der Waals surface area contributed by atoms with Crippen molar-refractivity contribution >= 4 is 41.8 Å². The van der Waals surface area contributed by atoms with Crippen LogP contribution in [-0.4, -0.2) is 8.07 Å². The van der Waals surface area contributed by atoms with Gasteiger partial charge in [-0.3, -0.25) is 0 Å². The quantitative estimate of drug-likeness (QED) is 0.315. The summed E-state index contributed by atoms with van der Waals surface area (Å²) in [6, 6.07) is 26.9. The largest absolute Gasteiger partial charge is 0.103 e. The van der Waals surface area contributed by atoms with Gasteiger partial charge in [-0.05, 0) is 56.6 Å². The zero-order valence-electron chi connectivity index (χ0n) is 17.0. The molecule has 1 heteroatoms. The van der Waals surface area contributed by atoms with E-state index in [2.05, 4.69) is 98.0 Å². The summed E-state index contributed by atoms with van der Waals surface area (Å²) in [4.78, 5) is 0. The van der Waals surface area contributed by atoms with Crippen LogP contribution in [0.3, 0.4) is 0 Å². The monoisotopic (exact) mass is 388 g/mol. The highest BCUT2D eigenvalue weighted by atomic mass is 28.3. The van der Waals surface area contributed by atoms with Gasteiger partial charge in [0.15, 0.2) is 0 Å². The summed E-state index contributed by atoms with van der Waals surface area (Å²) in [7, 11) is -1.69. The molecule has 0 atom stereocenters.